The zero-order chi connectivity index (χ0) is 24.2. The minimum atomic E-state index is -0.817. The molecule has 2 unspecified atom stereocenters. The Morgan fingerprint density at radius 3 is 2.74 bits per heavy atom. The molecule has 5 rings (SSSR count). The Labute approximate surface area is 205 Å². The van der Waals surface area contributed by atoms with E-state index in [0.29, 0.717) is 24.7 Å². The number of aryl methyl sites for hydroxylation is 1. The number of carboxylic acid groups (broad SMARTS) is 1. The van der Waals surface area contributed by atoms with Crippen molar-refractivity contribution in [2.45, 2.75) is 51.4 Å². The van der Waals surface area contributed by atoms with Crippen LogP contribution >= 0.6 is 0 Å². The van der Waals surface area contributed by atoms with E-state index in [4.69, 9.17) is 24.1 Å². The number of rotatable bonds is 8. The number of hydrogen-bond donors (Lipinski definition) is 1. The molecule has 2 atom stereocenters. The van der Waals surface area contributed by atoms with E-state index < -0.39 is 5.97 Å². The van der Waals surface area contributed by atoms with E-state index in [1.807, 2.05) is 36.4 Å². The summed E-state index contributed by atoms with van der Waals surface area (Å²) in [5.41, 5.74) is 5.41. The van der Waals surface area contributed by atoms with Crippen LogP contribution in [0.2, 0.25) is 0 Å². The summed E-state index contributed by atoms with van der Waals surface area (Å²) >= 11 is 0. The molecule has 3 aromatic carbocycles. The summed E-state index contributed by atoms with van der Waals surface area (Å²) in [5.74, 6) is 1.32. The molecule has 0 bridgehead atoms. The predicted molar refractivity (Wildman–Crippen MR) is 132 cm³/mol. The lowest BCUT2D eigenvalue weighted by Gasteiger charge is -2.23. The van der Waals surface area contributed by atoms with E-state index in [9.17, 15) is 4.79 Å². The molecule has 1 N–H and O–H groups in total. The highest BCUT2D eigenvalue weighted by Crippen LogP contribution is 2.38. The van der Waals surface area contributed by atoms with Gasteiger partial charge in [0.05, 0.1) is 19.6 Å². The summed E-state index contributed by atoms with van der Waals surface area (Å²) in [6.45, 7) is 3.67. The fourth-order valence-electron chi connectivity index (χ4n) is 4.71. The summed E-state index contributed by atoms with van der Waals surface area (Å²) in [7, 11) is 0. The second kappa shape index (κ2) is 10.4. The Morgan fingerprint density at radius 2 is 1.94 bits per heavy atom. The maximum atomic E-state index is 11.0. The molecule has 0 amide bonds. The predicted octanol–water partition coefficient (Wildman–Crippen LogP) is 6.10. The Morgan fingerprint density at radius 1 is 1.06 bits per heavy atom. The molecule has 0 spiro atoms. The van der Waals surface area contributed by atoms with Gasteiger partial charge in [0.15, 0.2) is 6.29 Å². The normalized spacial score (nSPS) is 19.0. The monoisotopic (exact) mass is 474 g/mol. The second-order valence-electron chi connectivity index (χ2n) is 9.19. The van der Waals surface area contributed by atoms with Gasteiger partial charge in [0.1, 0.15) is 23.9 Å². The minimum absolute atomic E-state index is 0.0703. The average molecular weight is 475 g/mol. The summed E-state index contributed by atoms with van der Waals surface area (Å²) in [6.07, 6.45) is 3.09. The van der Waals surface area contributed by atoms with Crippen molar-refractivity contribution in [2.75, 3.05) is 13.2 Å². The molecular weight excluding hydrogens is 444 g/mol. The summed E-state index contributed by atoms with van der Waals surface area (Å²) in [5, 5.41) is 9.07. The molecule has 1 saturated heterocycles. The van der Waals surface area contributed by atoms with E-state index in [1.165, 1.54) is 0 Å². The molecule has 0 saturated carbocycles. The molecule has 35 heavy (non-hydrogen) atoms. The highest BCUT2D eigenvalue weighted by atomic mass is 16.7. The van der Waals surface area contributed by atoms with Gasteiger partial charge in [-0.2, -0.15) is 0 Å². The quantitative estimate of drug-likeness (QED) is 0.425. The molecule has 0 aromatic heterocycles. The van der Waals surface area contributed by atoms with Gasteiger partial charge in [-0.15, -0.1) is 0 Å². The maximum Gasteiger partial charge on any atom is 0.304 e. The van der Waals surface area contributed by atoms with Crippen LogP contribution in [0.3, 0.4) is 0 Å². The lowest BCUT2D eigenvalue weighted by atomic mass is 9.98. The molecule has 0 radical (unpaired) electrons. The van der Waals surface area contributed by atoms with Crippen molar-refractivity contribution >= 4 is 5.97 Å². The van der Waals surface area contributed by atoms with Crippen LogP contribution in [0.15, 0.2) is 60.7 Å². The van der Waals surface area contributed by atoms with Gasteiger partial charge in [0.2, 0.25) is 0 Å². The van der Waals surface area contributed by atoms with E-state index in [1.54, 1.807) is 0 Å². The number of ether oxygens (including phenoxy) is 4. The van der Waals surface area contributed by atoms with Gasteiger partial charge in [0.25, 0.3) is 0 Å². The zero-order valence-electron chi connectivity index (χ0n) is 19.9. The fraction of sp³-hybridized carbons (Fsp3) is 0.345. The Bertz CT molecular complexity index is 1200. The third kappa shape index (κ3) is 5.60. The van der Waals surface area contributed by atoms with Crippen LogP contribution in [0.5, 0.6) is 17.2 Å². The first kappa shape index (κ1) is 23.2. The van der Waals surface area contributed by atoms with Crippen LogP contribution in [0.4, 0.5) is 0 Å². The number of carboxylic acids is 1. The van der Waals surface area contributed by atoms with Gasteiger partial charge >= 0.3 is 5.97 Å². The molecule has 182 valence electrons. The first-order valence-corrected chi connectivity index (χ1v) is 12.1. The van der Waals surface area contributed by atoms with Gasteiger partial charge in [-0.25, -0.2) is 0 Å². The highest BCUT2D eigenvalue weighted by Gasteiger charge is 2.26. The molecule has 3 aromatic rings. The smallest absolute Gasteiger partial charge is 0.304 e. The van der Waals surface area contributed by atoms with Crippen molar-refractivity contribution in [2.24, 2.45) is 0 Å². The SMILES string of the molecule is Cc1cc(OC2CCCCO2)ccc1-c1cccc(COc2ccc3c(c2)OCC3CC(=O)O)c1. The number of carbonyl (C=O) groups is 1. The van der Waals surface area contributed by atoms with Crippen molar-refractivity contribution < 1.29 is 28.8 Å². The molecule has 1 fully saturated rings. The average Bonchev–Trinajstić information content (AvgIpc) is 3.25. The van der Waals surface area contributed by atoms with E-state index >= 15 is 0 Å². The van der Waals surface area contributed by atoms with Gasteiger partial charge in [-0.1, -0.05) is 30.3 Å². The molecule has 0 aliphatic carbocycles. The summed E-state index contributed by atoms with van der Waals surface area (Å²) < 4.78 is 23.4. The third-order valence-electron chi connectivity index (χ3n) is 6.53. The highest BCUT2D eigenvalue weighted by molar-refractivity contribution is 5.69. The largest absolute Gasteiger partial charge is 0.492 e. The van der Waals surface area contributed by atoms with Crippen molar-refractivity contribution in [3.05, 3.63) is 77.4 Å². The van der Waals surface area contributed by atoms with Gasteiger partial charge in [0, 0.05) is 24.0 Å². The number of fused-ring (bicyclic) bond motifs is 1. The van der Waals surface area contributed by atoms with E-state index in [-0.39, 0.29) is 18.6 Å². The number of benzene rings is 3. The molecular formula is C29H30O6. The fourth-order valence-corrected chi connectivity index (χ4v) is 4.71. The van der Waals surface area contributed by atoms with Crippen molar-refractivity contribution in [1.82, 2.24) is 0 Å². The first-order chi connectivity index (χ1) is 17.0. The molecule has 6 heteroatoms. The number of aliphatic carboxylic acids is 1. The van der Waals surface area contributed by atoms with Crippen LogP contribution in [0, 0.1) is 6.92 Å². The Balaban J connectivity index is 1.24. The Kier molecular flexibility index (Phi) is 6.91. The van der Waals surface area contributed by atoms with Crippen LogP contribution in [0.1, 0.15) is 48.3 Å². The van der Waals surface area contributed by atoms with Crippen LogP contribution < -0.4 is 14.2 Å². The molecule has 2 aliphatic rings. The lowest BCUT2D eigenvalue weighted by molar-refractivity contribution is -0.137. The van der Waals surface area contributed by atoms with Crippen LogP contribution in [-0.2, 0) is 16.1 Å². The summed E-state index contributed by atoms with van der Waals surface area (Å²) in [4.78, 5) is 11.0. The lowest BCUT2D eigenvalue weighted by Crippen LogP contribution is -2.24. The standard InChI is InChI=1S/C29H30O6/c1-19-13-24(35-29-7-2-3-12-32-29)9-10-25(19)21-6-4-5-20(14-21)17-33-23-8-11-26-22(15-28(30)31)18-34-27(26)16-23/h4-6,8-11,13-14,16,22,29H,2-3,7,12,15,17-18H2,1H3,(H,30,31). The van der Waals surface area contributed by atoms with Gasteiger partial charge < -0.3 is 24.1 Å². The minimum Gasteiger partial charge on any atom is -0.492 e. The topological polar surface area (TPSA) is 74.2 Å². The van der Waals surface area contributed by atoms with Crippen molar-refractivity contribution in [3.8, 4) is 28.4 Å². The van der Waals surface area contributed by atoms with Crippen LogP contribution in [0.25, 0.3) is 11.1 Å². The second-order valence-corrected chi connectivity index (χ2v) is 9.19. The summed E-state index contributed by atoms with van der Waals surface area (Å²) in [6, 6.07) is 20.1. The molecule has 2 heterocycles. The van der Waals surface area contributed by atoms with Gasteiger partial charge in [-0.05, 0) is 66.3 Å². The van der Waals surface area contributed by atoms with Crippen LogP contribution in [-0.4, -0.2) is 30.6 Å². The van der Waals surface area contributed by atoms with Crippen molar-refractivity contribution in [1.29, 1.82) is 0 Å². The van der Waals surface area contributed by atoms with Crippen molar-refractivity contribution in [3.63, 3.8) is 0 Å². The van der Waals surface area contributed by atoms with Gasteiger partial charge in [-0.3, -0.25) is 4.79 Å². The zero-order valence-corrected chi connectivity index (χ0v) is 19.9. The van der Waals surface area contributed by atoms with E-state index in [2.05, 4.69) is 31.2 Å². The first-order valence-electron chi connectivity index (χ1n) is 12.1. The molecule has 6 nitrogen and oxygen atoms in total. The Hall–Kier alpha value is -3.51. The number of hydrogen-bond acceptors (Lipinski definition) is 5. The maximum absolute atomic E-state index is 11.0. The van der Waals surface area contributed by atoms with E-state index in [0.717, 1.165) is 59.4 Å². The third-order valence-corrected chi connectivity index (χ3v) is 6.53. The molecule has 2 aliphatic heterocycles.